The number of rotatable bonds is 6. The van der Waals surface area contributed by atoms with Gasteiger partial charge in [0.25, 0.3) is 0 Å². The van der Waals surface area contributed by atoms with E-state index in [-0.39, 0.29) is 10.8 Å². The summed E-state index contributed by atoms with van der Waals surface area (Å²) in [6.07, 6.45) is 3.65. The van der Waals surface area contributed by atoms with E-state index in [1.807, 2.05) is 18.2 Å². The number of aliphatic hydroxyl groups is 1. The molecule has 3 rings (SSSR count). The Hall–Kier alpha value is -1.21. The normalized spacial score (nSPS) is 18.3. The van der Waals surface area contributed by atoms with Gasteiger partial charge in [-0.15, -0.1) is 11.3 Å². The summed E-state index contributed by atoms with van der Waals surface area (Å²) >= 11 is 1.60. The Labute approximate surface area is 173 Å². The number of nitrogens with one attached hydrogen (secondary N) is 1. The molecule has 1 fully saturated rings. The molecule has 0 spiro atoms. The fourth-order valence-electron chi connectivity index (χ4n) is 3.88. The number of benzene rings is 1. The molecule has 154 valence electrons. The second-order valence-electron chi connectivity index (χ2n) is 8.96. The van der Waals surface area contributed by atoms with Crippen molar-refractivity contribution >= 4 is 21.4 Å². The van der Waals surface area contributed by atoms with Crippen LogP contribution in [0.1, 0.15) is 74.8 Å². The van der Waals surface area contributed by atoms with Crippen LogP contribution in [0.4, 0.5) is 0 Å². The molecule has 28 heavy (non-hydrogen) atoms. The van der Waals surface area contributed by atoms with Crippen molar-refractivity contribution in [2.24, 2.45) is 0 Å². The molecule has 1 atom stereocenters. The van der Waals surface area contributed by atoms with Crippen molar-refractivity contribution in [3.63, 3.8) is 0 Å². The molecule has 4 nitrogen and oxygen atoms in total. The van der Waals surface area contributed by atoms with E-state index < -0.39 is 16.1 Å². The largest absolute Gasteiger partial charge is 0.388 e. The van der Waals surface area contributed by atoms with Gasteiger partial charge in [-0.25, -0.2) is 13.1 Å². The maximum absolute atomic E-state index is 12.9. The monoisotopic (exact) mass is 421 g/mol. The van der Waals surface area contributed by atoms with E-state index in [0.29, 0.717) is 11.4 Å². The predicted molar refractivity (Wildman–Crippen MR) is 115 cm³/mol. The Kier molecular flexibility index (Phi) is 6.07. The van der Waals surface area contributed by atoms with Crippen LogP contribution in [0.2, 0.25) is 0 Å². The van der Waals surface area contributed by atoms with Gasteiger partial charge in [0, 0.05) is 21.7 Å². The molecule has 0 bridgehead atoms. The number of hydrogen-bond donors (Lipinski definition) is 2. The van der Waals surface area contributed by atoms with Crippen molar-refractivity contribution in [2.75, 3.05) is 6.54 Å². The molecule has 0 saturated heterocycles. The lowest BCUT2D eigenvalue weighted by Crippen LogP contribution is -2.38. The number of aliphatic hydroxyl groups excluding tert-OH is 1. The minimum atomic E-state index is -3.56. The smallest absolute Gasteiger partial charge is 0.240 e. The van der Waals surface area contributed by atoms with Crippen LogP contribution in [0.5, 0.6) is 0 Å². The highest BCUT2D eigenvalue weighted by Crippen LogP contribution is 2.44. The summed E-state index contributed by atoms with van der Waals surface area (Å²) in [6.45, 7) is 8.50. The van der Waals surface area contributed by atoms with Gasteiger partial charge in [0.1, 0.15) is 0 Å². The molecular weight excluding hydrogens is 390 g/mol. The molecule has 1 aromatic carbocycles. The third-order valence-electron chi connectivity index (χ3n) is 5.75. The molecular formula is C22H31NO3S2. The Morgan fingerprint density at radius 3 is 2.21 bits per heavy atom. The topological polar surface area (TPSA) is 66.4 Å². The number of thiophene rings is 1. The van der Waals surface area contributed by atoms with E-state index in [1.54, 1.807) is 30.4 Å². The van der Waals surface area contributed by atoms with Crippen LogP contribution < -0.4 is 4.72 Å². The molecule has 6 heteroatoms. The first-order valence-electron chi connectivity index (χ1n) is 9.92. The zero-order valence-corrected chi connectivity index (χ0v) is 18.8. The van der Waals surface area contributed by atoms with E-state index in [2.05, 4.69) is 31.6 Å². The Morgan fingerprint density at radius 2 is 1.71 bits per heavy atom. The minimum absolute atomic E-state index is 0.00958. The molecule has 1 aliphatic rings. The average molecular weight is 422 g/mol. The maximum Gasteiger partial charge on any atom is 0.240 e. The number of hydrogen-bond acceptors (Lipinski definition) is 4. The fraction of sp³-hybridized carbons (Fsp3) is 0.545. The molecule has 0 aliphatic heterocycles. The molecule has 1 aromatic heterocycles. The van der Waals surface area contributed by atoms with Crippen LogP contribution in [-0.4, -0.2) is 20.1 Å². The van der Waals surface area contributed by atoms with Crippen molar-refractivity contribution < 1.29 is 13.5 Å². The molecule has 1 unspecified atom stereocenters. The van der Waals surface area contributed by atoms with Gasteiger partial charge in [0.05, 0.1) is 11.0 Å². The SMILES string of the molecule is CC(O)c1ccc(C2(CNS(=O)(=O)c3ccc(C(C)(C)C)cc3)CCCC2)s1. The minimum Gasteiger partial charge on any atom is -0.388 e. The first-order valence-corrected chi connectivity index (χ1v) is 12.2. The third kappa shape index (κ3) is 4.51. The lowest BCUT2D eigenvalue weighted by molar-refractivity contribution is 0.203. The van der Waals surface area contributed by atoms with Crippen LogP contribution in [0.25, 0.3) is 0 Å². The fourth-order valence-corrected chi connectivity index (χ4v) is 6.19. The van der Waals surface area contributed by atoms with Crippen LogP contribution in [0, 0.1) is 0 Å². The van der Waals surface area contributed by atoms with E-state index in [4.69, 9.17) is 0 Å². The summed E-state index contributed by atoms with van der Waals surface area (Å²) < 4.78 is 28.6. The molecule has 1 aliphatic carbocycles. The molecule has 0 amide bonds. The molecule has 0 radical (unpaired) electrons. The highest BCUT2D eigenvalue weighted by Gasteiger charge is 2.38. The lowest BCUT2D eigenvalue weighted by atomic mass is 9.85. The summed E-state index contributed by atoms with van der Waals surface area (Å²) in [4.78, 5) is 2.41. The maximum atomic E-state index is 12.9. The first kappa shape index (κ1) is 21.5. The van der Waals surface area contributed by atoms with Crippen LogP contribution in [0.3, 0.4) is 0 Å². The van der Waals surface area contributed by atoms with Crippen molar-refractivity contribution in [2.45, 2.75) is 75.2 Å². The van der Waals surface area contributed by atoms with Crippen LogP contribution >= 0.6 is 11.3 Å². The second-order valence-corrected chi connectivity index (χ2v) is 11.8. The van der Waals surface area contributed by atoms with Gasteiger partial charge >= 0.3 is 0 Å². The van der Waals surface area contributed by atoms with Crippen molar-refractivity contribution in [1.82, 2.24) is 4.72 Å². The van der Waals surface area contributed by atoms with Gasteiger partial charge in [-0.2, -0.15) is 0 Å². The number of sulfonamides is 1. The molecule has 1 heterocycles. The zero-order valence-electron chi connectivity index (χ0n) is 17.2. The summed E-state index contributed by atoms with van der Waals surface area (Å²) in [6, 6.07) is 11.2. The second kappa shape index (κ2) is 7.90. The highest BCUT2D eigenvalue weighted by molar-refractivity contribution is 7.89. The van der Waals surface area contributed by atoms with Crippen molar-refractivity contribution in [3.8, 4) is 0 Å². The van der Waals surface area contributed by atoms with Crippen LogP contribution in [-0.2, 0) is 20.9 Å². The zero-order chi connectivity index (χ0) is 20.6. The van der Waals surface area contributed by atoms with Gasteiger partial charge in [0.15, 0.2) is 0 Å². The third-order valence-corrected chi connectivity index (χ3v) is 8.67. The van der Waals surface area contributed by atoms with Crippen molar-refractivity contribution in [1.29, 1.82) is 0 Å². The van der Waals surface area contributed by atoms with Gasteiger partial charge in [-0.1, -0.05) is 45.7 Å². The van der Waals surface area contributed by atoms with Crippen LogP contribution in [0.15, 0.2) is 41.3 Å². The quantitative estimate of drug-likeness (QED) is 0.698. The predicted octanol–water partition coefficient (Wildman–Crippen LogP) is 4.89. The highest BCUT2D eigenvalue weighted by atomic mass is 32.2. The van der Waals surface area contributed by atoms with Gasteiger partial charge in [-0.3, -0.25) is 0 Å². The Bertz CT molecular complexity index is 900. The summed E-state index contributed by atoms with van der Waals surface area (Å²) in [5.74, 6) is 0. The Morgan fingerprint density at radius 1 is 1.11 bits per heavy atom. The van der Waals surface area contributed by atoms with E-state index in [9.17, 15) is 13.5 Å². The summed E-state index contributed by atoms with van der Waals surface area (Å²) in [5, 5.41) is 9.85. The van der Waals surface area contributed by atoms with Gasteiger partial charge in [0.2, 0.25) is 10.0 Å². The lowest BCUT2D eigenvalue weighted by Gasteiger charge is -2.28. The standard InChI is InChI=1S/C22H31NO3S2/c1-16(24)19-11-12-20(27-19)22(13-5-6-14-22)15-23-28(25,26)18-9-7-17(8-10-18)21(2,3)4/h7-12,16,23-24H,5-6,13-15H2,1-4H3. The molecule has 2 N–H and O–H groups in total. The average Bonchev–Trinajstić information content (AvgIpc) is 3.30. The van der Waals surface area contributed by atoms with Crippen molar-refractivity contribution in [3.05, 3.63) is 51.7 Å². The molecule has 2 aromatic rings. The van der Waals surface area contributed by atoms with E-state index in [0.717, 1.165) is 36.1 Å². The van der Waals surface area contributed by atoms with E-state index in [1.165, 1.54) is 4.88 Å². The molecule has 1 saturated carbocycles. The Balaban J connectivity index is 1.79. The van der Waals surface area contributed by atoms with Gasteiger partial charge in [-0.05, 0) is 55.0 Å². The van der Waals surface area contributed by atoms with Gasteiger partial charge < -0.3 is 5.11 Å². The first-order chi connectivity index (χ1) is 13.0. The summed E-state index contributed by atoms with van der Waals surface area (Å²) in [5.41, 5.74) is 0.934. The summed E-state index contributed by atoms with van der Waals surface area (Å²) in [7, 11) is -3.56. The van der Waals surface area contributed by atoms with E-state index >= 15 is 0 Å².